The predicted molar refractivity (Wildman–Crippen MR) is 143 cm³/mol. The second kappa shape index (κ2) is 12.1. The van der Waals surface area contributed by atoms with Crippen molar-refractivity contribution in [2.75, 3.05) is 10.5 Å². The fourth-order valence-corrected chi connectivity index (χ4v) is 4.37. The highest BCUT2D eigenvalue weighted by molar-refractivity contribution is 7.92. The van der Waals surface area contributed by atoms with E-state index in [1.807, 2.05) is 0 Å². The van der Waals surface area contributed by atoms with Crippen molar-refractivity contribution in [3.05, 3.63) is 96.7 Å². The summed E-state index contributed by atoms with van der Waals surface area (Å²) in [5.74, 6) is -1.46. The van der Waals surface area contributed by atoms with Crippen LogP contribution in [-0.2, 0) is 20.0 Å². The van der Waals surface area contributed by atoms with Gasteiger partial charge >= 0.3 is 5.97 Å². The van der Waals surface area contributed by atoms with E-state index < -0.39 is 26.0 Å². The van der Waals surface area contributed by atoms with Crippen molar-refractivity contribution in [3.63, 3.8) is 0 Å². The minimum absolute atomic E-state index is 0.0231. The van der Waals surface area contributed by atoms with Crippen molar-refractivity contribution in [1.29, 1.82) is 0 Å². The Morgan fingerprint density at radius 2 is 1.41 bits per heavy atom. The first kappa shape index (κ1) is 28.7. The third-order valence-corrected chi connectivity index (χ3v) is 7.05. The number of rotatable bonds is 7. The van der Waals surface area contributed by atoms with Crippen molar-refractivity contribution in [2.45, 2.75) is 9.79 Å². The molecule has 0 atom stereocenters. The first-order valence-corrected chi connectivity index (χ1v) is 13.8. The number of pyridine rings is 1. The Morgan fingerprint density at radius 3 is 1.97 bits per heavy atom. The van der Waals surface area contributed by atoms with E-state index in [2.05, 4.69) is 19.9 Å². The van der Waals surface area contributed by atoms with Crippen LogP contribution < -0.4 is 15.6 Å². The predicted octanol–water partition coefficient (Wildman–Crippen LogP) is 3.62. The van der Waals surface area contributed by atoms with Gasteiger partial charge in [-0.3, -0.25) is 4.72 Å². The molecule has 13 nitrogen and oxygen atoms in total. The first-order valence-electron chi connectivity index (χ1n) is 10.8. The Hall–Kier alpha value is -4.86. The molecular formula is C24H22N6O7S2. The topological polar surface area (TPSA) is 227 Å². The van der Waals surface area contributed by atoms with E-state index in [-0.39, 0.29) is 32.6 Å². The average molecular weight is 571 g/mol. The number of nitrogens with two attached hydrogens (primary N) is 2. The Labute approximate surface area is 223 Å². The Morgan fingerprint density at radius 1 is 0.821 bits per heavy atom. The normalized spacial score (nSPS) is 11.4. The van der Waals surface area contributed by atoms with Crippen LogP contribution in [0.5, 0.6) is 5.75 Å². The molecule has 0 aliphatic heterocycles. The third kappa shape index (κ3) is 8.32. The highest BCUT2D eigenvalue weighted by atomic mass is 32.2. The summed E-state index contributed by atoms with van der Waals surface area (Å²) in [6.07, 6.45) is 1.47. The molecule has 1 heterocycles. The van der Waals surface area contributed by atoms with Crippen molar-refractivity contribution >= 4 is 48.9 Å². The zero-order chi connectivity index (χ0) is 28.6. The van der Waals surface area contributed by atoms with Gasteiger partial charge < -0.3 is 15.9 Å². The molecule has 202 valence electrons. The molecule has 0 aliphatic carbocycles. The van der Waals surface area contributed by atoms with Crippen LogP contribution >= 0.6 is 0 Å². The van der Waals surface area contributed by atoms with Crippen LogP contribution in [0, 0.1) is 0 Å². The minimum Gasteiger partial charge on any atom is -0.507 e. The molecule has 1 aromatic heterocycles. The molecule has 39 heavy (non-hydrogen) atoms. The summed E-state index contributed by atoms with van der Waals surface area (Å²) >= 11 is 0. The van der Waals surface area contributed by atoms with E-state index in [1.54, 1.807) is 12.1 Å². The maximum atomic E-state index is 12.3. The molecule has 3 aromatic carbocycles. The van der Waals surface area contributed by atoms with Gasteiger partial charge in [0.05, 0.1) is 21.2 Å². The molecule has 4 aromatic rings. The number of sulfonamides is 2. The first-order chi connectivity index (χ1) is 18.3. The van der Waals surface area contributed by atoms with Crippen LogP contribution in [0.25, 0.3) is 0 Å². The van der Waals surface area contributed by atoms with E-state index in [1.165, 1.54) is 79.0 Å². The smallest absolute Gasteiger partial charge is 0.339 e. The van der Waals surface area contributed by atoms with Crippen LogP contribution in [0.1, 0.15) is 10.4 Å². The zero-order valence-electron chi connectivity index (χ0n) is 19.9. The van der Waals surface area contributed by atoms with Crippen LogP contribution in [0.2, 0.25) is 0 Å². The number of anilines is 2. The monoisotopic (exact) mass is 570 g/mol. The van der Waals surface area contributed by atoms with Gasteiger partial charge in [-0.1, -0.05) is 6.07 Å². The molecule has 4 rings (SSSR count). The van der Waals surface area contributed by atoms with Gasteiger partial charge in [-0.05, 0) is 78.9 Å². The molecule has 0 radical (unpaired) electrons. The number of hydrogen-bond donors (Lipinski definition) is 5. The second-order valence-corrected chi connectivity index (χ2v) is 10.9. The van der Waals surface area contributed by atoms with Gasteiger partial charge in [-0.2, -0.15) is 10.2 Å². The van der Waals surface area contributed by atoms with Crippen LogP contribution in [0.15, 0.2) is 111 Å². The summed E-state index contributed by atoms with van der Waals surface area (Å²) in [4.78, 5) is 15.0. The van der Waals surface area contributed by atoms with E-state index in [9.17, 15) is 26.7 Å². The van der Waals surface area contributed by atoms with Gasteiger partial charge in [0.25, 0.3) is 10.0 Å². The Bertz CT molecular complexity index is 1690. The number of aromatic carboxylic acids is 1. The number of nitrogen functional groups attached to an aromatic ring is 1. The van der Waals surface area contributed by atoms with E-state index in [4.69, 9.17) is 16.0 Å². The van der Waals surface area contributed by atoms with Gasteiger partial charge in [-0.25, -0.2) is 31.8 Å². The molecule has 0 saturated carbocycles. The van der Waals surface area contributed by atoms with Crippen molar-refractivity contribution in [3.8, 4) is 5.75 Å². The number of nitrogens with zero attached hydrogens (tertiary/aromatic N) is 3. The average Bonchev–Trinajstić information content (AvgIpc) is 2.89. The number of carboxylic acid groups (broad SMARTS) is 1. The van der Waals surface area contributed by atoms with Crippen LogP contribution in [0.4, 0.5) is 22.9 Å². The number of aromatic hydroxyl groups is 1. The maximum absolute atomic E-state index is 12.3. The molecule has 0 saturated heterocycles. The van der Waals surface area contributed by atoms with E-state index >= 15 is 0 Å². The molecule has 0 aliphatic rings. The SMILES string of the molecule is Nc1ccc(S(N)(=O)=O)cc1.O=C(O)c1cc(N=Nc2ccc(S(=O)(=O)Nc3ccccn3)cc2)ccc1O. The second-order valence-electron chi connectivity index (χ2n) is 7.64. The third-order valence-electron chi connectivity index (χ3n) is 4.75. The van der Waals surface area contributed by atoms with Gasteiger partial charge in [0.2, 0.25) is 10.0 Å². The summed E-state index contributed by atoms with van der Waals surface area (Å²) in [6.45, 7) is 0. The number of aromatic nitrogens is 1. The molecule has 0 amide bonds. The summed E-state index contributed by atoms with van der Waals surface area (Å²) in [7, 11) is -7.37. The molecular weight excluding hydrogens is 548 g/mol. The van der Waals surface area contributed by atoms with Crippen LogP contribution in [-0.4, -0.2) is 38.0 Å². The number of benzene rings is 3. The molecule has 0 spiro atoms. The number of phenols is 1. The molecule has 0 bridgehead atoms. The number of azo groups is 1. The van der Waals surface area contributed by atoms with Gasteiger partial charge in [0.1, 0.15) is 17.1 Å². The molecule has 0 fully saturated rings. The lowest BCUT2D eigenvalue weighted by atomic mass is 10.2. The number of nitrogens with one attached hydrogen (secondary N) is 1. The van der Waals surface area contributed by atoms with Crippen molar-refractivity contribution in [2.24, 2.45) is 15.4 Å². The standard InChI is InChI=1S/C18H14N4O5S.C6H8N2O2S/c23-16-9-6-13(11-15(16)18(24)25)21-20-12-4-7-14(8-5-12)28(26,27)22-17-3-1-2-10-19-17;7-5-1-3-6(4-2-5)11(8,9)10/h1-11,23H,(H,19,22)(H,24,25);1-4H,7H2,(H2,8,9,10). The van der Waals surface area contributed by atoms with Crippen molar-refractivity contribution < 1.29 is 31.8 Å². The number of primary sulfonamides is 1. The number of carbonyl (C=O) groups is 1. The summed E-state index contributed by atoms with van der Waals surface area (Å²) < 4.78 is 48.4. The summed E-state index contributed by atoms with van der Waals surface area (Å²) in [5, 5.41) is 31.1. The Kier molecular flexibility index (Phi) is 8.92. The van der Waals surface area contributed by atoms with E-state index in [0.717, 1.165) is 0 Å². The molecule has 15 heteroatoms. The lowest BCUT2D eigenvalue weighted by Crippen LogP contribution is -2.13. The van der Waals surface area contributed by atoms with Gasteiger partial charge in [-0.15, -0.1) is 0 Å². The zero-order valence-corrected chi connectivity index (χ0v) is 21.5. The van der Waals surface area contributed by atoms with Gasteiger partial charge in [0, 0.05) is 11.9 Å². The lowest BCUT2D eigenvalue weighted by Gasteiger charge is -2.07. The quantitative estimate of drug-likeness (QED) is 0.161. The minimum atomic E-state index is -3.79. The van der Waals surface area contributed by atoms with Crippen molar-refractivity contribution in [1.82, 2.24) is 4.98 Å². The number of hydrogen-bond acceptors (Lipinski definition) is 10. The highest BCUT2D eigenvalue weighted by Gasteiger charge is 2.14. The van der Waals surface area contributed by atoms with Gasteiger partial charge in [0.15, 0.2) is 0 Å². The molecule has 0 unspecified atom stereocenters. The highest BCUT2D eigenvalue weighted by Crippen LogP contribution is 2.26. The lowest BCUT2D eigenvalue weighted by molar-refractivity contribution is 0.0693. The number of carboxylic acids is 1. The fraction of sp³-hybridized carbons (Fsp3) is 0. The Balaban J connectivity index is 0.000000320. The maximum Gasteiger partial charge on any atom is 0.339 e. The molecule has 7 N–H and O–H groups in total. The fourth-order valence-electron chi connectivity index (χ4n) is 2.84. The van der Waals surface area contributed by atoms with E-state index in [0.29, 0.717) is 11.4 Å². The largest absolute Gasteiger partial charge is 0.507 e. The summed E-state index contributed by atoms with van der Waals surface area (Å²) in [5.41, 5.74) is 6.14. The van der Waals surface area contributed by atoms with Crippen LogP contribution in [0.3, 0.4) is 0 Å². The summed E-state index contributed by atoms with van der Waals surface area (Å²) in [6, 6.07) is 20.0.